The average Bonchev–Trinajstić information content (AvgIpc) is 2.61. The van der Waals surface area contributed by atoms with Crippen molar-refractivity contribution in [2.24, 2.45) is 0 Å². The number of nitrogens with zero attached hydrogens (tertiary/aromatic N) is 2. The monoisotopic (exact) mass is 327 g/mol. The van der Waals surface area contributed by atoms with Crippen LogP contribution in [-0.2, 0) is 6.61 Å². The smallest absolute Gasteiger partial charge is 0.278 e. The van der Waals surface area contributed by atoms with Gasteiger partial charge in [0.15, 0.2) is 11.4 Å². The van der Waals surface area contributed by atoms with E-state index in [4.69, 9.17) is 4.74 Å². The summed E-state index contributed by atoms with van der Waals surface area (Å²) in [4.78, 5) is 26.8. The van der Waals surface area contributed by atoms with Crippen LogP contribution in [0.2, 0.25) is 0 Å². The second-order valence-electron chi connectivity index (χ2n) is 5.65. The summed E-state index contributed by atoms with van der Waals surface area (Å²) in [5.74, 6) is -0.101. The molecule has 2 heterocycles. The van der Waals surface area contributed by atoms with E-state index in [0.717, 1.165) is 12.0 Å². The van der Waals surface area contributed by atoms with Crippen molar-refractivity contribution in [3.8, 4) is 5.75 Å². The Balaban J connectivity index is 1.96. The molecule has 2 aromatic rings. The molecule has 0 aliphatic carbocycles. The molecule has 1 aromatic heterocycles. The van der Waals surface area contributed by atoms with Crippen LogP contribution >= 0.6 is 0 Å². The minimum Gasteiger partial charge on any atom is -0.482 e. The van der Waals surface area contributed by atoms with Crippen LogP contribution in [-0.4, -0.2) is 28.2 Å². The quantitative estimate of drug-likeness (QED) is 0.914. The summed E-state index contributed by atoms with van der Waals surface area (Å²) >= 11 is 0. The van der Waals surface area contributed by atoms with Gasteiger partial charge in [0.25, 0.3) is 5.91 Å². The molecule has 0 radical (unpaired) electrons. The lowest BCUT2D eigenvalue weighted by Gasteiger charge is -2.38. The lowest BCUT2D eigenvalue weighted by Crippen LogP contribution is -2.53. The Morgan fingerprint density at radius 2 is 1.88 bits per heavy atom. The number of aromatic nitrogens is 1. The van der Waals surface area contributed by atoms with Gasteiger partial charge in [-0.05, 0) is 18.9 Å². The van der Waals surface area contributed by atoms with Crippen LogP contribution in [0.5, 0.6) is 5.75 Å². The van der Waals surface area contributed by atoms with Crippen LogP contribution in [0.4, 0.5) is 0 Å². The van der Waals surface area contributed by atoms with Crippen molar-refractivity contribution in [1.82, 2.24) is 9.58 Å². The minimum absolute atomic E-state index is 0.0897. The van der Waals surface area contributed by atoms with Crippen molar-refractivity contribution in [3.63, 3.8) is 0 Å². The number of nitrogens with one attached hydrogen (secondary N) is 1. The molecule has 0 fully saturated rings. The van der Waals surface area contributed by atoms with Gasteiger partial charge in [0.1, 0.15) is 12.8 Å². The molecule has 6 heteroatoms. The van der Waals surface area contributed by atoms with Crippen molar-refractivity contribution in [1.29, 1.82) is 0 Å². The fourth-order valence-electron chi connectivity index (χ4n) is 2.88. The lowest BCUT2D eigenvalue weighted by atomic mass is 10.2. The van der Waals surface area contributed by atoms with E-state index in [1.807, 2.05) is 44.2 Å². The molecule has 126 valence electrons. The number of amides is 1. The Kier molecular flexibility index (Phi) is 4.55. The molecule has 24 heavy (non-hydrogen) atoms. The first-order chi connectivity index (χ1) is 11.7. The van der Waals surface area contributed by atoms with E-state index in [0.29, 0.717) is 6.54 Å². The number of rotatable bonds is 5. The highest BCUT2D eigenvalue weighted by Gasteiger charge is 2.33. The predicted molar refractivity (Wildman–Crippen MR) is 91.6 cm³/mol. The largest absolute Gasteiger partial charge is 0.482 e. The number of hydrogen-bond acceptors (Lipinski definition) is 4. The first-order valence-corrected chi connectivity index (χ1v) is 8.15. The van der Waals surface area contributed by atoms with Gasteiger partial charge in [-0.25, -0.2) is 0 Å². The summed E-state index contributed by atoms with van der Waals surface area (Å²) in [5, 5.41) is 0. The molecule has 6 nitrogen and oxygen atoms in total. The van der Waals surface area contributed by atoms with Crippen LogP contribution in [0.1, 0.15) is 36.3 Å². The molecule has 1 N–H and O–H groups in total. The molecule has 1 unspecified atom stereocenters. The van der Waals surface area contributed by atoms with E-state index >= 15 is 0 Å². The van der Waals surface area contributed by atoms with E-state index < -0.39 is 0 Å². The second kappa shape index (κ2) is 6.78. The zero-order valence-electron chi connectivity index (χ0n) is 13.9. The fourth-order valence-corrected chi connectivity index (χ4v) is 2.88. The van der Waals surface area contributed by atoms with Crippen LogP contribution < -0.4 is 15.6 Å². The number of carbonyl (C=O) groups is 1. The van der Waals surface area contributed by atoms with E-state index in [1.165, 1.54) is 6.07 Å². The summed E-state index contributed by atoms with van der Waals surface area (Å²) in [6.45, 7) is 4.73. The Hall–Kier alpha value is -2.76. The van der Waals surface area contributed by atoms with E-state index in [2.05, 4.69) is 5.43 Å². The van der Waals surface area contributed by atoms with Crippen molar-refractivity contribution >= 4 is 5.91 Å². The summed E-state index contributed by atoms with van der Waals surface area (Å²) in [7, 11) is 0. The van der Waals surface area contributed by atoms with Crippen molar-refractivity contribution in [2.45, 2.75) is 33.0 Å². The first kappa shape index (κ1) is 16.1. The van der Waals surface area contributed by atoms with Crippen LogP contribution in [0.25, 0.3) is 0 Å². The topological polar surface area (TPSA) is 63.6 Å². The summed E-state index contributed by atoms with van der Waals surface area (Å²) in [5.41, 5.74) is 4.15. The Morgan fingerprint density at radius 1 is 1.12 bits per heavy atom. The van der Waals surface area contributed by atoms with Crippen molar-refractivity contribution in [3.05, 3.63) is 64.1 Å². The molecule has 1 aliphatic heterocycles. The highest BCUT2D eigenvalue weighted by atomic mass is 16.5. The molecule has 0 saturated heterocycles. The van der Waals surface area contributed by atoms with Gasteiger partial charge in [-0.15, -0.1) is 0 Å². The third-order valence-electron chi connectivity index (χ3n) is 4.14. The Labute approximate surface area is 140 Å². The molecule has 3 rings (SSSR count). The highest BCUT2D eigenvalue weighted by molar-refractivity contribution is 5.96. The summed E-state index contributed by atoms with van der Waals surface area (Å²) < 4.78 is 7.33. The number of benzene rings is 1. The molecular formula is C18H21N3O3. The van der Waals surface area contributed by atoms with Gasteiger partial charge in [0.05, 0.1) is 0 Å². The van der Waals surface area contributed by atoms with E-state index in [-0.39, 0.29) is 35.6 Å². The Morgan fingerprint density at radius 3 is 2.54 bits per heavy atom. The molecule has 1 aliphatic rings. The molecule has 0 saturated carbocycles. The zero-order chi connectivity index (χ0) is 17.1. The summed E-state index contributed by atoms with van der Waals surface area (Å²) in [6.07, 6.45) is 2.26. The standard InChI is InChI=1S/C18H21N3O3/c1-3-15-19-21-11-10-14(22)17(16(21)18(23)20(15)4-2)24-12-13-8-6-5-7-9-13/h5-11,15,19H,3-4,12H2,1-2H3. The highest BCUT2D eigenvalue weighted by Crippen LogP contribution is 2.22. The first-order valence-electron chi connectivity index (χ1n) is 8.15. The van der Waals surface area contributed by atoms with E-state index in [1.54, 1.807) is 15.8 Å². The third kappa shape index (κ3) is 2.87. The molecule has 1 atom stereocenters. The molecule has 0 spiro atoms. The fraction of sp³-hybridized carbons (Fsp3) is 0.333. The molecule has 0 bridgehead atoms. The van der Waals surface area contributed by atoms with Crippen LogP contribution in [0, 0.1) is 0 Å². The maximum absolute atomic E-state index is 12.8. The molecule has 1 amide bonds. The average molecular weight is 327 g/mol. The maximum atomic E-state index is 12.8. The normalized spacial score (nSPS) is 16.5. The Bertz CT molecular complexity index is 786. The van der Waals surface area contributed by atoms with Gasteiger partial charge in [-0.3, -0.25) is 14.3 Å². The molecular weight excluding hydrogens is 306 g/mol. The maximum Gasteiger partial charge on any atom is 0.278 e. The molecule has 1 aromatic carbocycles. The second-order valence-corrected chi connectivity index (χ2v) is 5.65. The lowest BCUT2D eigenvalue weighted by molar-refractivity contribution is 0.0639. The van der Waals surface area contributed by atoms with Gasteiger partial charge < -0.3 is 15.1 Å². The van der Waals surface area contributed by atoms with Crippen LogP contribution in [0.15, 0.2) is 47.4 Å². The van der Waals surface area contributed by atoms with Gasteiger partial charge in [0, 0.05) is 18.8 Å². The number of carbonyl (C=O) groups excluding carboxylic acids is 1. The van der Waals surface area contributed by atoms with E-state index in [9.17, 15) is 9.59 Å². The number of hydrogen-bond donors (Lipinski definition) is 1. The van der Waals surface area contributed by atoms with Crippen molar-refractivity contribution < 1.29 is 9.53 Å². The number of fused-ring (bicyclic) bond motifs is 1. The van der Waals surface area contributed by atoms with Crippen LogP contribution in [0.3, 0.4) is 0 Å². The predicted octanol–water partition coefficient (Wildman–Crippen LogP) is 2.18. The van der Waals surface area contributed by atoms with Gasteiger partial charge in [-0.1, -0.05) is 37.3 Å². The summed E-state index contributed by atoms with van der Waals surface area (Å²) in [6, 6.07) is 11.0. The van der Waals surface area contributed by atoms with Gasteiger partial charge in [0.2, 0.25) is 5.43 Å². The van der Waals surface area contributed by atoms with Gasteiger partial charge >= 0.3 is 0 Å². The zero-order valence-corrected chi connectivity index (χ0v) is 13.9. The number of pyridine rings is 1. The van der Waals surface area contributed by atoms with Crippen molar-refractivity contribution in [2.75, 3.05) is 12.0 Å². The number of ether oxygens (including phenoxy) is 1. The van der Waals surface area contributed by atoms with Gasteiger partial charge in [-0.2, -0.15) is 0 Å². The SMILES string of the molecule is CCC1Nn2ccc(=O)c(OCc3ccccc3)c2C(=O)N1CC. The third-order valence-corrected chi connectivity index (χ3v) is 4.14. The minimum atomic E-state index is -0.293.